The normalized spacial score (nSPS) is 17.4. The average Bonchev–Trinajstić information content (AvgIpc) is 3.60. The van der Waals surface area contributed by atoms with Gasteiger partial charge in [0.25, 0.3) is 11.8 Å². The van der Waals surface area contributed by atoms with Crippen molar-refractivity contribution in [2.45, 2.75) is 44.7 Å². The first kappa shape index (κ1) is 23.8. The summed E-state index contributed by atoms with van der Waals surface area (Å²) in [5.41, 5.74) is 6.56. The highest BCUT2D eigenvalue weighted by atomic mass is 19.1. The predicted octanol–water partition coefficient (Wildman–Crippen LogP) is 4.71. The number of benzene rings is 2. The zero-order valence-electron chi connectivity index (χ0n) is 19.9. The molecule has 1 aliphatic heterocycles. The van der Waals surface area contributed by atoms with Gasteiger partial charge in [0, 0.05) is 12.6 Å². The second kappa shape index (κ2) is 9.27. The van der Waals surface area contributed by atoms with Crippen molar-refractivity contribution in [3.63, 3.8) is 0 Å². The number of likely N-dealkylation sites (tertiary alicyclic amines) is 1. The van der Waals surface area contributed by atoms with E-state index < -0.39 is 29.1 Å². The molecule has 1 aliphatic rings. The highest BCUT2D eigenvalue weighted by Gasteiger charge is 2.36. The Bertz CT molecular complexity index is 1400. The van der Waals surface area contributed by atoms with Crippen LogP contribution >= 0.6 is 0 Å². The predicted molar refractivity (Wildman–Crippen MR) is 126 cm³/mol. The van der Waals surface area contributed by atoms with E-state index in [4.69, 9.17) is 14.6 Å². The van der Waals surface area contributed by atoms with Crippen LogP contribution in [-0.2, 0) is 12.0 Å². The molecule has 0 aliphatic carbocycles. The molecule has 2 aromatic carbocycles. The van der Waals surface area contributed by atoms with Crippen LogP contribution in [0.4, 0.5) is 8.78 Å². The molecule has 2 atom stereocenters. The number of hydrogen-bond acceptors (Lipinski definition) is 7. The topological polar surface area (TPSA) is 111 Å². The van der Waals surface area contributed by atoms with Crippen LogP contribution in [0.1, 0.15) is 59.2 Å². The molecular weight excluding hydrogens is 468 g/mol. The third-order valence-electron chi connectivity index (χ3n) is 6.28. The standard InChI is InChI=1S/C26H25F2N5O3/c1-15-14-35-23(30-15)21-9-6-10-33(21)24(34)18-11-17(19(27)12-20(18)28)22-31-32-25(36-22)26(2,29)13-16-7-4-3-5-8-16/h3-5,7-8,11-12,14,21H,6,9-10,13,29H2,1-2H3/t21-,26+/m1/s1. The van der Waals surface area contributed by atoms with Gasteiger partial charge in [-0.25, -0.2) is 13.8 Å². The lowest BCUT2D eigenvalue weighted by Crippen LogP contribution is -2.35. The summed E-state index contributed by atoms with van der Waals surface area (Å²) in [6.07, 6.45) is 3.24. The smallest absolute Gasteiger partial charge is 0.257 e. The molecule has 5 rings (SSSR count). The van der Waals surface area contributed by atoms with Crippen molar-refractivity contribution < 1.29 is 22.4 Å². The van der Waals surface area contributed by atoms with Gasteiger partial charge in [0.15, 0.2) is 0 Å². The van der Waals surface area contributed by atoms with E-state index in [1.807, 2.05) is 30.3 Å². The highest BCUT2D eigenvalue weighted by molar-refractivity contribution is 5.96. The molecule has 186 valence electrons. The van der Waals surface area contributed by atoms with E-state index in [-0.39, 0.29) is 22.9 Å². The van der Waals surface area contributed by atoms with Crippen molar-refractivity contribution in [2.24, 2.45) is 5.73 Å². The average molecular weight is 494 g/mol. The fraction of sp³-hybridized carbons (Fsp3) is 0.308. The summed E-state index contributed by atoms with van der Waals surface area (Å²) < 4.78 is 40.8. The van der Waals surface area contributed by atoms with Gasteiger partial charge in [0.1, 0.15) is 23.9 Å². The number of carbonyl (C=O) groups excluding carboxylic acids is 1. The molecular formula is C26H25F2N5O3. The van der Waals surface area contributed by atoms with Crippen molar-refractivity contribution in [2.75, 3.05) is 6.54 Å². The Morgan fingerprint density at radius 2 is 1.97 bits per heavy atom. The minimum Gasteiger partial charge on any atom is -0.446 e. The van der Waals surface area contributed by atoms with Crippen LogP contribution in [0.3, 0.4) is 0 Å². The quantitative estimate of drug-likeness (QED) is 0.414. The van der Waals surface area contributed by atoms with E-state index in [0.29, 0.717) is 43.5 Å². The van der Waals surface area contributed by atoms with E-state index in [1.165, 1.54) is 11.2 Å². The largest absolute Gasteiger partial charge is 0.446 e. The zero-order valence-corrected chi connectivity index (χ0v) is 19.9. The molecule has 36 heavy (non-hydrogen) atoms. The van der Waals surface area contributed by atoms with Gasteiger partial charge in [-0.1, -0.05) is 30.3 Å². The Hall–Kier alpha value is -3.92. The van der Waals surface area contributed by atoms with E-state index in [9.17, 15) is 13.6 Å². The van der Waals surface area contributed by atoms with Crippen LogP contribution in [0.2, 0.25) is 0 Å². The van der Waals surface area contributed by atoms with Crippen LogP contribution in [0.5, 0.6) is 0 Å². The number of rotatable bonds is 6. The lowest BCUT2D eigenvalue weighted by atomic mass is 9.94. The van der Waals surface area contributed by atoms with Crippen molar-refractivity contribution in [1.82, 2.24) is 20.1 Å². The van der Waals surface area contributed by atoms with Crippen molar-refractivity contribution in [3.8, 4) is 11.5 Å². The highest BCUT2D eigenvalue weighted by Crippen LogP contribution is 2.35. The molecule has 8 nitrogen and oxygen atoms in total. The molecule has 0 spiro atoms. The SMILES string of the molecule is Cc1coc([C@H]2CCCN2C(=O)c2cc(-c3nnc([C@@](C)(N)Cc4ccccc4)o3)c(F)cc2F)n1. The molecule has 0 unspecified atom stereocenters. The maximum Gasteiger partial charge on any atom is 0.257 e. The Labute approximate surface area is 206 Å². The number of nitrogens with two attached hydrogens (primary N) is 1. The van der Waals surface area contributed by atoms with E-state index in [2.05, 4.69) is 15.2 Å². The Balaban J connectivity index is 1.44. The summed E-state index contributed by atoms with van der Waals surface area (Å²) in [5.74, 6) is -2.22. The van der Waals surface area contributed by atoms with Gasteiger partial charge in [-0.15, -0.1) is 10.2 Å². The van der Waals surface area contributed by atoms with Crippen LogP contribution < -0.4 is 5.73 Å². The van der Waals surface area contributed by atoms with Crippen LogP contribution in [0.15, 0.2) is 57.6 Å². The van der Waals surface area contributed by atoms with Gasteiger partial charge < -0.3 is 19.5 Å². The molecule has 0 radical (unpaired) electrons. The number of oxazole rings is 1. The summed E-state index contributed by atoms with van der Waals surface area (Å²) in [5, 5.41) is 7.95. The molecule has 1 fully saturated rings. The minimum absolute atomic E-state index is 0.0943. The summed E-state index contributed by atoms with van der Waals surface area (Å²) in [7, 11) is 0. The van der Waals surface area contributed by atoms with Crippen LogP contribution in [-0.4, -0.2) is 32.5 Å². The maximum absolute atomic E-state index is 14.8. The molecule has 0 saturated carbocycles. The van der Waals surface area contributed by atoms with Gasteiger partial charge in [-0.05, 0) is 44.7 Å². The molecule has 3 heterocycles. The lowest BCUT2D eigenvalue weighted by Gasteiger charge is -2.23. The van der Waals surface area contributed by atoms with Crippen LogP contribution in [0, 0.1) is 18.6 Å². The first-order chi connectivity index (χ1) is 17.2. The van der Waals surface area contributed by atoms with Gasteiger partial charge in [-0.2, -0.15) is 0 Å². The van der Waals surface area contributed by atoms with Crippen molar-refractivity contribution in [1.29, 1.82) is 0 Å². The molecule has 2 aromatic heterocycles. The molecule has 4 aromatic rings. The maximum atomic E-state index is 14.8. The van der Waals surface area contributed by atoms with Gasteiger partial charge >= 0.3 is 0 Å². The zero-order chi connectivity index (χ0) is 25.4. The fourth-order valence-corrected chi connectivity index (χ4v) is 4.48. The Kier molecular flexibility index (Phi) is 6.13. The third kappa shape index (κ3) is 4.51. The third-order valence-corrected chi connectivity index (χ3v) is 6.28. The lowest BCUT2D eigenvalue weighted by molar-refractivity contribution is 0.0710. The van der Waals surface area contributed by atoms with Gasteiger partial charge in [0.2, 0.25) is 11.8 Å². The molecule has 10 heteroatoms. The number of carbonyl (C=O) groups is 1. The first-order valence-corrected chi connectivity index (χ1v) is 11.6. The summed E-state index contributed by atoms with van der Waals surface area (Å²) in [6, 6.07) is 10.9. The number of halogens is 2. The van der Waals surface area contributed by atoms with E-state index in [1.54, 1.807) is 13.8 Å². The van der Waals surface area contributed by atoms with Gasteiger partial charge in [0.05, 0.1) is 22.4 Å². The molecule has 1 saturated heterocycles. The second-order valence-electron chi connectivity index (χ2n) is 9.29. The monoisotopic (exact) mass is 493 g/mol. The first-order valence-electron chi connectivity index (χ1n) is 11.6. The van der Waals surface area contributed by atoms with E-state index in [0.717, 1.165) is 11.6 Å². The Morgan fingerprint density at radius 1 is 1.19 bits per heavy atom. The number of amides is 1. The van der Waals surface area contributed by atoms with E-state index >= 15 is 0 Å². The number of aromatic nitrogens is 3. The molecule has 2 N–H and O–H groups in total. The van der Waals surface area contributed by atoms with Crippen molar-refractivity contribution in [3.05, 3.63) is 89.0 Å². The summed E-state index contributed by atoms with van der Waals surface area (Å²) in [4.78, 5) is 19.1. The fourth-order valence-electron chi connectivity index (χ4n) is 4.48. The number of nitrogens with zero attached hydrogens (tertiary/aromatic N) is 4. The van der Waals surface area contributed by atoms with Gasteiger partial charge in [-0.3, -0.25) is 4.79 Å². The molecule has 1 amide bonds. The Morgan fingerprint density at radius 3 is 2.69 bits per heavy atom. The second-order valence-corrected chi connectivity index (χ2v) is 9.29. The number of aryl methyl sites for hydroxylation is 1. The minimum atomic E-state index is -1.03. The van der Waals surface area contributed by atoms with Crippen molar-refractivity contribution >= 4 is 5.91 Å². The van der Waals surface area contributed by atoms with Crippen LogP contribution in [0.25, 0.3) is 11.5 Å². The summed E-state index contributed by atoms with van der Waals surface area (Å²) in [6.45, 7) is 3.91. The summed E-state index contributed by atoms with van der Waals surface area (Å²) >= 11 is 0. The molecule has 0 bridgehead atoms. The number of hydrogen-bond donors (Lipinski definition) is 1.